The Labute approximate surface area is 117 Å². The predicted octanol–water partition coefficient (Wildman–Crippen LogP) is 2.05. The summed E-state index contributed by atoms with van der Waals surface area (Å²) in [6.45, 7) is 6.63. The number of fused-ring (bicyclic) bond motifs is 1. The van der Waals surface area contributed by atoms with Crippen LogP contribution in [0.15, 0.2) is 12.4 Å². The van der Waals surface area contributed by atoms with E-state index in [0.29, 0.717) is 5.88 Å². The fraction of sp³-hybridized carbons (Fsp3) is 0.462. The summed E-state index contributed by atoms with van der Waals surface area (Å²) in [5.41, 5.74) is 3.33. The average Bonchev–Trinajstić information content (AvgIpc) is 2.85. The number of halogens is 1. The molecule has 0 spiro atoms. The minimum absolute atomic E-state index is 0.484. The molecule has 0 unspecified atom stereocenters. The fourth-order valence-corrected chi connectivity index (χ4v) is 2.85. The maximum absolute atomic E-state index is 6.09. The number of alkyl halides is 1. The van der Waals surface area contributed by atoms with Gasteiger partial charge in [0.1, 0.15) is 12.1 Å². The molecule has 1 aliphatic rings. The van der Waals surface area contributed by atoms with Gasteiger partial charge in [0, 0.05) is 24.3 Å². The molecule has 0 aliphatic carbocycles. The molecular formula is C13H16ClN5. The van der Waals surface area contributed by atoms with Gasteiger partial charge in [-0.05, 0) is 25.5 Å². The average molecular weight is 278 g/mol. The van der Waals surface area contributed by atoms with E-state index in [4.69, 9.17) is 11.6 Å². The number of aromatic nitrogens is 4. The van der Waals surface area contributed by atoms with Crippen LogP contribution in [0.25, 0.3) is 0 Å². The van der Waals surface area contributed by atoms with Crippen molar-refractivity contribution < 1.29 is 0 Å². The molecule has 5 nitrogen and oxygen atoms in total. The molecule has 100 valence electrons. The second-order valence-corrected chi connectivity index (χ2v) is 5.15. The van der Waals surface area contributed by atoms with E-state index in [2.05, 4.69) is 37.6 Å². The van der Waals surface area contributed by atoms with Gasteiger partial charge in [0.2, 0.25) is 0 Å². The zero-order chi connectivity index (χ0) is 13.4. The quantitative estimate of drug-likeness (QED) is 0.788. The first-order valence-corrected chi connectivity index (χ1v) is 6.87. The smallest absolute Gasteiger partial charge is 0.152 e. The third kappa shape index (κ3) is 2.18. The number of aryl methyl sites for hydroxylation is 2. The maximum atomic E-state index is 6.09. The number of nitrogens with zero attached hydrogens (tertiary/aromatic N) is 5. The van der Waals surface area contributed by atoms with Crippen LogP contribution in [-0.2, 0) is 19.0 Å². The Morgan fingerprint density at radius 3 is 2.95 bits per heavy atom. The zero-order valence-electron chi connectivity index (χ0n) is 11.1. The summed E-state index contributed by atoms with van der Waals surface area (Å²) < 4.78 is 2.08. The van der Waals surface area contributed by atoms with Crippen LogP contribution in [0.2, 0.25) is 0 Å². The van der Waals surface area contributed by atoms with Gasteiger partial charge in [0.25, 0.3) is 0 Å². The Morgan fingerprint density at radius 2 is 2.16 bits per heavy atom. The first-order chi connectivity index (χ1) is 9.19. The van der Waals surface area contributed by atoms with Gasteiger partial charge in [-0.25, -0.2) is 4.98 Å². The van der Waals surface area contributed by atoms with E-state index in [0.717, 1.165) is 42.5 Å². The van der Waals surface area contributed by atoms with Crippen molar-refractivity contribution in [3.8, 4) is 0 Å². The van der Waals surface area contributed by atoms with Crippen molar-refractivity contribution in [3.63, 3.8) is 0 Å². The number of rotatable bonds is 2. The molecule has 0 saturated heterocycles. The largest absolute Gasteiger partial charge is 0.347 e. The third-order valence-electron chi connectivity index (χ3n) is 3.53. The van der Waals surface area contributed by atoms with Crippen molar-refractivity contribution in [3.05, 3.63) is 35.0 Å². The molecule has 3 heterocycles. The molecule has 0 bridgehead atoms. The molecule has 3 rings (SSSR count). The first kappa shape index (κ1) is 12.4. The summed E-state index contributed by atoms with van der Waals surface area (Å²) in [7, 11) is 0. The summed E-state index contributed by atoms with van der Waals surface area (Å²) >= 11 is 6.09. The molecule has 2 aromatic heterocycles. The molecule has 6 heteroatoms. The maximum Gasteiger partial charge on any atom is 0.152 e. The molecule has 0 fully saturated rings. The molecule has 0 N–H and O–H groups in total. The molecule has 0 saturated carbocycles. The van der Waals surface area contributed by atoms with E-state index in [1.807, 2.05) is 6.92 Å². The summed E-state index contributed by atoms with van der Waals surface area (Å²) in [5.74, 6) is 2.45. The van der Waals surface area contributed by atoms with E-state index in [-0.39, 0.29) is 0 Å². The van der Waals surface area contributed by atoms with Gasteiger partial charge in [-0.2, -0.15) is 0 Å². The van der Waals surface area contributed by atoms with Crippen LogP contribution in [0.1, 0.15) is 22.6 Å². The van der Waals surface area contributed by atoms with Crippen molar-refractivity contribution in [2.45, 2.75) is 32.8 Å². The fourth-order valence-electron chi connectivity index (χ4n) is 2.52. The lowest BCUT2D eigenvalue weighted by Gasteiger charge is -2.30. The minimum atomic E-state index is 0.484. The van der Waals surface area contributed by atoms with E-state index in [1.54, 1.807) is 6.33 Å². The van der Waals surface area contributed by atoms with E-state index < -0.39 is 0 Å². The molecule has 1 aliphatic heterocycles. The van der Waals surface area contributed by atoms with Crippen LogP contribution < -0.4 is 4.90 Å². The second kappa shape index (κ2) is 4.81. The molecule has 0 atom stereocenters. The van der Waals surface area contributed by atoms with Crippen molar-refractivity contribution in [1.29, 1.82) is 0 Å². The molecule has 0 radical (unpaired) electrons. The lowest BCUT2D eigenvalue weighted by atomic mass is 10.1. The lowest BCUT2D eigenvalue weighted by molar-refractivity contribution is 0.554. The monoisotopic (exact) mass is 277 g/mol. The van der Waals surface area contributed by atoms with Crippen LogP contribution in [0.4, 0.5) is 5.82 Å². The minimum Gasteiger partial charge on any atom is -0.347 e. The number of anilines is 1. The van der Waals surface area contributed by atoms with Crippen molar-refractivity contribution in [1.82, 2.24) is 19.7 Å². The molecule has 0 aromatic carbocycles. The van der Waals surface area contributed by atoms with Crippen molar-refractivity contribution in [2.24, 2.45) is 0 Å². The highest BCUT2D eigenvalue weighted by Crippen LogP contribution is 2.26. The Kier molecular flexibility index (Phi) is 3.14. The number of hydrogen-bond donors (Lipinski definition) is 0. The third-order valence-corrected chi connectivity index (χ3v) is 3.79. The van der Waals surface area contributed by atoms with Gasteiger partial charge in [-0.15, -0.1) is 21.8 Å². The normalized spacial score (nSPS) is 14.6. The van der Waals surface area contributed by atoms with Crippen LogP contribution in [0.3, 0.4) is 0 Å². The van der Waals surface area contributed by atoms with Gasteiger partial charge in [-0.3, -0.25) is 0 Å². The Hall–Kier alpha value is -1.62. The van der Waals surface area contributed by atoms with Gasteiger partial charge in [0.05, 0.1) is 12.4 Å². The summed E-state index contributed by atoms with van der Waals surface area (Å²) in [5, 5.41) is 8.09. The lowest BCUT2D eigenvalue weighted by Crippen LogP contribution is -2.35. The van der Waals surface area contributed by atoms with Crippen molar-refractivity contribution >= 4 is 17.4 Å². The van der Waals surface area contributed by atoms with Crippen LogP contribution in [0.5, 0.6) is 0 Å². The van der Waals surface area contributed by atoms with Crippen molar-refractivity contribution in [2.75, 3.05) is 11.4 Å². The second-order valence-electron chi connectivity index (χ2n) is 4.88. The topological polar surface area (TPSA) is 46.8 Å². The van der Waals surface area contributed by atoms with Gasteiger partial charge < -0.3 is 9.47 Å². The standard InChI is InChI=1S/C13H16ClN5/c1-9-5-10(2)16-13(11(9)6-14)18-3-4-19-8-15-17-12(19)7-18/h5,8H,3-4,6-7H2,1-2H3. The van der Waals surface area contributed by atoms with E-state index >= 15 is 0 Å². The summed E-state index contributed by atoms with van der Waals surface area (Å²) in [6, 6.07) is 2.08. The SMILES string of the molecule is Cc1cc(C)c(CCl)c(N2CCn3cnnc3C2)n1. The van der Waals surface area contributed by atoms with Gasteiger partial charge >= 0.3 is 0 Å². The number of hydrogen-bond acceptors (Lipinski definition) is 4. The van der Waals surface area contributed by atoms with Crippen LogP contribution in [-0.4, -0.2) is 26.3 Å². The molecule has 0 amide bonds. The highest BCUT2D eigenvalue weighted by molar-refractivity contribution is 6.17. The molecule has 19 heavy (non-hydrogen) atoms. The van der Waals surface area contributed by atoms with Crippen LogP contribution >= 0.6 is 11.6 Å². The molecule has 2 aromatic rings. The number of pyridine rings is 1. The predicted molar refractivity (Wildman–Crippen MR) is 74.3 cm³/mol. The van der Waals surface area contributed by atoms with E-state index in [9.17, 15) is 0 Å². The van der Waals surface area contributed by atoms with Gasteiger partial charge in [0.15, 0.2) is 5.82 Å². The Bertz CT molecular complexity index is 607. The van der Waals surface area contributed by atoms with Crippen LogP contribution in [0, 0.1) is 13.8 Å². The first-order valence-electron chi connectivity index (χ1n) is 6.33. The van der Waals surface area contributed by atoms with E-state index in [1.165, 1.54) is 5.56 Å². The summed E-state index contributed by atoms with van der Waals surface area (Å²) in [6.07, 6.45) is 1.78. The Morgan fingerprint density at radius 1 is 1.32 bits per heavy atom. The Balaban J connectivity index is 1.99. The highest BCUT2D eigenvalue weighted by atomic mass is 35.5. The summed E-state index contributed by atoms with van der Waals surface area (Å²) in [4.78, 5) is 6.91. The van der Waals surface area contributed by atoms with Gasteiger partial charge in [-0.1, -0.05) is 0 Å². The highest BCUT2D eigenvalue weighted by Gasteiger charge is 2.21. The molecular weight excluding hydrogens is 262 g/mol. The zero-order valence-corrected chi connectivity index (χ0v) is 11.9.